The summed E-state index contributed by atoms with van der Waals surface area (Å²) in [6, 6.07) is 12.9. The normalized spacial score (nSPS) is 13.4. The molecule has 176 valence electrons. The molecule has 7 nitrogen and oxygen atoms in total. The van der Waals surface area contributed by atoms with Crippen LogP contribution in [0.2, 0.25) is 5.02 Å². The number of carbonyl (C=O) groups excluding carboxylic acids is 2. The molecule has 0 saturated carbocycles. The number of anilines is 2. The molecular formula is C24H29ClN4O3S. The number of nitrogens with zero attached hydrogens (tertiary/aromatic N) is 2. The van der Waals surface area contributed by atoms with Crippen LogP contribution in [0.5, 0.6) is 5.75 Å². The Bertz CT molecular complexity index is 992. The minimum Gasteiger partial charge on any atom is -0.494 e. The van der Waals surface area contributed by atoms with Crippen LogP contribution in [-0.4, -0.2) is 54.6 Å². The second kappa shape index (κ2) is 11.9. The second-order valence-electron chi connectivity index (χ2n) is 7.67. The van der Waals surface area contributed by atoms with Crippen LogP contribution in [-0.2, 0) is 4.79 Å². The molecule has 0 aliphatic carbocycles. The molecule has 0 atom stereocenters. The molecule has 2 aromatic rings. The van der Waals surface area contributed by atoms with Gasteiger partial charge in [0.2, 0.25) is 5.91 Å². The lowest BCUT2D eigenvalue weighted by Crippen LogP contribution is -2.48. The maximum absolute atomic E-state index is 12.9. The number of nitrogens with one attached hydrogen (secondary N) is 2. The van der Waals surface area contributed by atoms with Crippen molar-refractivity contribution in [1.82, 2.24) is 10.2 Å². The highest BCUT2D eigenvalue weighted by atomic mass is 35.5. The van der Waals surface area contributed by atoms with Gasteiger partial charge in [-0.25, -0.2) is 0 Å². The molecule has 0 radical (unpaired) electrons. The maximum Gasteiger partial charge on any atom is 0.253 e. The van der Waals surface area contributed by atoms with E-state index >= 15 is 0 Å². The molecule has 9 heteroatoms. The Morgan fingerprint density at radius 2 is 1.76 bits per heavy atom. The fourth-order valence-corrected chi connectivity index (χ4v) is 4.00. The van der Waals surface area contributed by atoms with Crippen LogP contribution in [0, 0.1) is 0 Å². The van der Waals surface area contributed by atoms with E-state index in [2.05, 4.69) is 22.5 Å². The van der Waals surface area contributed by atoms with Crippen LogP contribution in [0.3, 0.4) is 0 Å². The number of carbonyl (C=O) groups is 2. The molecule has 1 fully saturated rings. The van der Waals surface area contributed by atoms with Crippen LogP contribution >= 0.6 is 23.8 Å². The zero-order valence-electron chi connectivity index (χ0n) is 18.9. The molecule has 0 spiro atoms. The summed E-state index contributed by atoms with van der Waals surface area (Å²) in [5.74, 6) is 0.646. The van der Waals surface area contributed by atoms with E-state index in [0.717, 1.165) is 17.9 Å². The molecule has 0 bridgehead atoms. The van der Waals surface area contributed by atoms with Gasteiger partial charge in [-0.1, -0.05) is 25.4 Å². The lowest BCUT2D eigenvalue weighted by atomic mass is 10.1. The molecule has 2 N–H and O–H groups in total. The Morgan fingerprint density at radius 1 is 1.06 bits per heavy atom. The van der Waals surface area contributed by atoms with E-state index in [1.807, 2.05) is 41.3 Å². The number of thiocarbonyl (C=S) groups is 1. The molecule has 2 aromatic carbocycles. The van der Waals surface area contributed by atoms with Gasteiger partial charge in [0, 0.05) is 43.9 Å². The predicted molar refractivity (Wildman–Crippen MR) is 136 cm³/mol. The Balaban J connectivity index is 1.55. The monoisotopic (exact) mass is 488 g/mol. The van der Waals surface area contributed by atoms with Crippen molar-refractivity contribution in [3.63, 3.8) is 0 Å². The lowest BCUT2D eigenvalue weighted by molar-refractivity contribution is -0.119. The summed E-state index contributed by atoms with van der Waals surface area (Å²) in [4.78, 5) is 28.3. The number of benzene rings is 2. The van der Waals surface area contributed by atoms with Crippen LogP contribution in [0.25, 0.3) is 0 Å². The van der Waals surface area contributed by atoms with E-state index in [-0.39, 0.29) is 16.9 Å². The highest BCUT2D eigenvalue weighted by Crippen LogP contribution is 2.30. The van der Waals surface area contributed by atoms with Gasteiger partial charge in [0.1, 0.15) is 5.75 Å². The standard InChI is InChI=1S/C24H29ClN4O3S/c1-3-15-32-19-8-5-17(6-9-19)23(31)29-13-11-28(12-14-29)21-10-7-18(16-20(21)25)26-24(33)27-22(30)4-2/h5-10,16H,3-4,11-15H2,1-2H3,(H2,26,27,30,33). The highest BCUT2D eigenvalue weighted by Gasteiger charge is 2.23. The van der Waals surface area contributed by atoms with Gasteiger partial charge in [0.05, 0.1) is 17.3 Å². The number of hydrogen-bond donors (Lipinski definition) is 2. The molecule has 3 rings (SSSR count). The van der Waals surface area contributed by atoms with Crippen molar-refractivity contribution in [3.05, 3.63) is 53.1 Å². The number of halogens is 1. The van der Waals surface area contributed by atoms with Gasteiger partial charge in [-0.2, -0.15) is 0 Å². The van der Waals surface area contributed by atoms with Crippen molar-refractivity contribution in [3.8, 4) is 5.75 Å². The van der Waals surface area contributed by atoms with E-state index < -0.39 is 0 Å². The van der Waals surface area contributed by atoms with Gasteiger partial charge >= 0.3 is 0 Å². The van der Waals surface area contributed by atoms with Gasteiger partial charge in [0.25, 0.3) is 5.91 Å². The van der Waals surface area contributed by atoms with Gasteiger partial charge < -0.3 is 25.2 Å². The third kappa shape index (κ3) is 6.82. The minimum atomic E-state index is -0.150. The maximum atomic E-state index is 12.9. The van der Waals surface area contributed by atoms with Crippen LogP contribution in [0.15, 0.2) is 42.5 Å². The van der Waals surface area contributed by atoms with Gasteiger partial charge in [-0.15, -0.1) is 0 Å². The van der Waals surface area contributed by atoms with E-state index in [1.54, 1.807) is 13.0 Å². The molecule has 2 amide bonds. The van der Waals surface area contributed by atoms with Crippen LogP contribution in [0.1, 0.15) is 37.0 Å². The molecule has 1 heterocycles. The molecule has 1 aliphatic rings. The van der Waals surface area contributed by atoms with E-state index in [1.165, 1.54) is 0 Å². The molecule has 1 aliphatic heterocycles. The largest absolute Gasteiger partial charge is 0.494 e. The number of hydrogen-bond acceptors (Lipinski definition) is 5. The van der Waals surface area contributed by atoms with Crippen molar-refractivity contribution < 1.29 is 14.3 Å². The molecular weight excluding hydrogens is 460 g/mol. The first-order valence-corrected chi connectivity index (χ1v) is 11.9. The molecule has 33 heavy (non-hydrogen) atoms. The second-order valence-corrected chi connectivity index (χ2v) is 8.49. The van der Waals surface area contributed by atoms with E-state index in [0.29, 0.717) is 55.5 Å². The smallest absolute Gasteiger partial charge is 0.253 e. The van der Waals surface area contributed by atoms with E-state index in [9.17, 15) is 9.59 Å². The molecule has 1 saturated heterocycles. The van der Waals surface area contributed by atoms with E-state index in [4.69, 9.17) is 28.6 Å². The zero-order valence-corrected chi connectivity index (χ0v) is 20.5. The molecule has 0 aromatic heterocycles. The minimum absolute atomic E-state index is 0.0185. The van der Waals surface area contributed by atoms with Crippen molar-refractivity contribution in [2.75, 3.05) is 43.0 Å². The Labute approximate surface area is 205 Å². The fourth-order valence-electron chi connectivity index (χ4n) is 3.47. The van der Waals surface area contributed by atoms with Gasteiger partial charge in [0.15, 0.2) is 5.11 Å². The lowest BCUT2D eigenvalue weighted by Gasteiger charge is -2.36. The number of rotatable bonds is 7. The topological polar surface area (TPSA) is 73.9 Å². The summed E-state index contributed by atoms with van der Waals surface area (Å²) in [5, 5.41) is 6.38. The summed E-state index contributed by atoms with van der Waals surface area (Å²) in [5.41, 5.74) is 2.26. The average Bonchev–Trinajstić information content (AvgIpc) is 2.82. The molecule has 0 unspecified atom stereocenters. The Morgan fingerprint density at radius 3 is 2.36 bits per heavy atom. The fraction of sp³-hybridized carbons (Fsp3) is 0.375. The first-order valence-electron chi connectivity index (χ1n) is 11.1. The summed E-state index contributed by atoms with van der Waals surface area (Å²) in [6.45, 7) is 7.06. The number of piperazine rings is 1. The summed E-state index contributed by atoms with van der Waals surface area (Å²) >= 11 is 11.7. The summed E-state index contributed by atoms with van der Waals surface area (Å²) < 4.78 is 5.59. The van der Waals surface area contributed by atoms with Crippen molar-refractivity contribution in [2.24, 2.45) is 0 Å². The average molecular weight is 489 g/mol. The van der Waals surface area contributed by atoms with Crippen molar-refractivity contribution in [1.29, 1.82) is 0 Å². The number of amides is 2. The first-order chi connectivity index (χ1) is 15.9. The first kappa shape index (κ1) is 24.8. The predicted octanol–water partition coefficient (Wildman–Crippen LogP) is 4.31. The summed E-state index contributed by atoms with van der Waals surface area (Å²) in [7, 11) is 0. The van der Waals surface area contributed by atoms with Crippen molar-refractivity contribution >= 4 is 52.1 Å². The van der Waals surface area contributed by atoms with Crippen molar-refractivity contribution in [2.45, 2.75) is 26.7 Å². The SMILES string of the molecule is CCCOc1ccc(C(=O)N2CCN(c3ccc(NC(=S)NC(=O)CC)cc3Cl)CC2)cc1. The Kier molecular flexibility index (Phi) is 8.91. The van der Waals surface area contributed by atoms with Crippen LogP contribution < -0.4 is 20.3 Å². The Hall–Kier alpha value is -2.84. The third-order valence-electron chi connectivity index (χ3n) is 5.26. The zero-order chi connectivity index (χ0) is 23.8. The van der Waals surface area contributed by atoms with Gasteiger partial charge in [-0.05, 0) is 61.1 Å². The highest BCUT2D eigenvalue weighted by molar-refractivity contribution is 7.80. The summed E-state index contributed by atoms with van der Waals surface area (Å²) in [6.07, 6.45) is 1.30. The third-order valence-corrected chi connectivity index (χ3v) is 5.77. The quantitative estimate of drug-likeness (QED) is 0.565. The number of ether oxygens (including phenoxy) is 1. The van der Waals surface area contributed by atoms with Crippen LogP contribution in [0.4, 0.5) is 11.4 Å². The van der Waals surface area contributed by atoms with Gasteiger partial charge in [-0.3, -0.25) is 9.59 Å².